The highest BCUT2D eigenvalue weighted by Gasteiger charge is 2.30. The second-order valence-electron chi connectivity index (χ2n) is 4.41. The van der Waals surface area contributed by atoms with Gasteiger partial charge in [-0.05, 0) is 18.2 Å². The number of ether oxygens (including phenoxy) is 1. The summed E-state index contributed by atoms with van der Waals surface area (Å²) < 4.78 is 4.64. The van der Waals surface area contributed by atoms with Gasteiger partial charge in [0.2, 0.25) is 5.91 Å². The number of amides is 1. The first-order valence-corrected chi connectivity index (χ1v) is 6.23. The highest BCUT2D eigenvalue weighted by atomic mass is 35.5. The van der Waals surface area contributed by atoms with E-state index in [1.807, 2.05) is 0 Å². The van der Waals surface area contributed by atoms with E-state index in [1.165, 1.54) is 13.2 Å². The zero-order valence-electron chi connectivity index (χ0n) is 10.4. The molecule has 0 spiro atoms. The van der Waals surface area contributed by atoms with Crippen molar-refractivity contribution >= 4 is 29.2 Å². The summed E-state index contributed by atoms with van der Waals surface area (Å²) in [5.74, 6) is -0.681. The number of aliphatic hydroxyl groups excluding tert-OH is 1. The van der Waals surface area contributed by atoms with Crippen molar-refractivity contribution in [2.45, 2.75) is 6.42 Å². The first-order chi connectivity index (χ1) is 9.06. The zero-order chi connectivity index (χ0) is 14.0. The van der Waals surface area contributed by atoms with Gasteiger partial charge < -0.3 is 14.7 Å². The molecule has 102 valence electrons. The SMILES string of the molecule is COC(=O)c1cc(N2CC(CO)CC2=O)ccc1Cl. The van der Waals surface area contributed by atoms with Crippen molar-refractivity contribution in [1.82, 2.24) is 0 Å². The van der Waals surface area contributed by atoms with E-state index in [4.69, 9.17) is 16.7 Å². The van der Waals surface area contributed by atoms with E-state index in [-0.39, 0.29) is 29.0 Å². The van der Waals surface area contributed by atoms with Crippen LogP contribution in [0, 0.1) is 5.92 Å². The van der Waals surface area contributed by atoms with Gasteiger partial charge >= 0.3 is 5.97 Å². The maximum absolute atomic E-state index is 11.8. The van der Waals surface area contributed by atoms with Crippen LogP contribution in [0.5, 0.6) is 0 Å². The number of anilines is 1. The molecule has 0 aliphatic carbocycles. The number of halogens is 1. The molecule has 1 fully saturated rings. The summed E-state index contributed by atoms with van der Waals surface area (Å²) in [7, 11) is 1.27. The van der Waals surface area contributed by atoms with Crippen LogP contribution in [0.1, 0.15) is 16.8 Å². The van der Waals surface area contributed by atoms with E-state index in [2.05, 4.69) is 4.74 Å². The quantitative estimate of drug-likeness (QED) is 0.853. The Labute approximate surface area is 115 Å². The molecule has 0 bridgehead atoms. The Morgan fingerprint density at radius 2 is 2.32 bits per heavy atom. The Hall–Kier alpha value is -1.59. The molecule has 1 saturated heterocycles. The average Bonchev–Trinajstić information content (AvgIpc) is 2.80. The fraction of sp³-hybridized carbons (Fsp3) is 0.385. The number of rotatable bonds is 3. The minimum absolute atomic E-state index is 0.0281. The van der Waals surface area contributed by atoms with Crippen molar-refractivity contribution in [3.05, 3.63) is 28.8 Å². The minimum atomic E-state index is -0.544. The third-order valence-corrected chi connectivity index (χ3v) is 3.46. The molecule has 0 radical (unpaired) electrons. The largest absolute Gasteiger partial charge is 0.465 e. The number of methoxy groups -OCH3 is 1. The van der Waals surface area contributed by atoms with Crippen molar-refractivity contribution in [3.63, 3.8) is 0 Å². The van der Waals surface area contributed by atoms with Gasteiger partial charge in [-0.2, -0.15) is 0 Å². The average molecular weight is 284 g/mol. The molecule has 2 rings (SSSR count). The predicted octanol–water partition coefficient (Wildman–Crippen LogP) is 1.47. The Kier molecular flexibility index (Phi) is 4.07. The van der Waals surface area contributed by atoms with Crippen LogP contribution in [-0.2, 0) is 9.53 Å². The molecule has 1 aromatic carbocycles. The molecule has 1 heterocycles. The van der Waals surface area contributed by atoms with Crippen molar-refractivity contribution in [3.8, 4) is 0 Å². The van der Waals surface area contributed by atoms with Crippen LogP contribution in [0.4, 0.5) is 5.69 Å². The van der Waals surface area contributed by atoms with Crippen LogP contribution in [0.2, 0.25) is 5.02 Å². The number of carbonyl (C=O) groups excluding carboxylic acids is 2. The van der Waals surface area contributed by atoms with E-state index >= 15 is 0 Å². The Balaban J connectivity index is 2.31. The van der Waals surface area contributed by atoms with Crippen LogP contribution in [0.25, 0.3) is 0 Å². The van der Waals surface area contributed by atoms with Gasteiger partial charge in [0, 0.05) is 31.2 Å². The van der Waals surface area contributed by atoms with Crippen molar-refractivity contribution < 1.29 is 19.4 Å². The molecule has 1 unspecified atom stereocenters. The summed E-state index contributed by atoms with van der Waals surface area (Å²) in [6, 6.07) is 4.76. The molecule has 1 N–H and O–H groups in total. The number of carbonyl (C=O) groups is 2. The fourth-order valence-electron chi connectivity index (χ4n) is 2.10. The number of nitrogens with zero attached hydrogens (tertiary/aromatic N) is 1. The molecule has 0 saturated carbocycles. The van der Waals surface area contributed by atoms with Gasteiger partial charge in [0.25, 0.3) is 0 Å². The van der Waals surface area contributed by atoms with Crippen molar-refractivity contribution in [1.29, 1.82) is 0 Å². The maximum atomic E-state index is 11.8. The number of esters is 1. The molecular formula is C13H14ClNO4. The molecule has 1 atom stereocenters. The lowest BCUT2D eigenvalue weighted by Gasteiger charge is -2.17. The number of aliphatic hydroxyl groups is 1. The molecule has 6 heteroatoms. The zero-order valence-corrected chi connectivity index (χ0v) is 11.2. The van der Waals surface area contributed by atoms with E-state index in [0.717, 1.165) is 0 Å². The maximum Gasteiger partial charge on any atom is 0.339 e. The topological polar surface area (TPSA) is 66.8 Å². The van der Waals surface area contributed by atoms with Gasteiger partial charge in [0.15, 0.2) is 0 Å². The van der Waals surface area contributed by atoms with Crippen molar-refractivity contribution in [2.75, 3.05) is 25.2 Å². The monoisotopic (exact) mass is 283 g/mol. The van der Waals surface area contributed by atoms with Gasteiger partial charge in [-0.15, -0.1) is 0 Å². The van der Waals surface area contributed by atoms with Gasteiger partial charge in [0.1, 0.15) is 0 Å². The molecule has 1 aromatic rings. The van der Waals surface area contributed by atoms with E-state index < -0.39 is 5.97 Å². The summed E-state index contributed by atoms with van der Waals surface area (Å²) in [6.45, 7) is 0.414. The van der Waals surface area contributed by atoms with Gasteiger partial charge in [-0.25, -0.2) is 4.79 Å². The fourth-order valence-corrected chi connectivity index (χ4v) is 2.30. The predicted molar refractivity (Wildman–Crippen MR) is 70.3 cm³/mol. The summed E-state index contributed by atoms with van der Waals surface area (Å²) in [5.41, 5.74) is 0.813. The Bertz CT molecular complexity index is 517. The van der Waals surface area contributed by atoms with Crippen LogP contribution in [0.15, 0.2) is 18.2 Å². The lowest BCUT2D eigenvalue weighted by Crippen LogP contribution is -2.25. The Morgan fingerprint density at radius 3 is 2.89 bits per heavy atom. The second-order valence-corrected chi connectivity index (χ2v) is 4.82. The number of benzene rings is 1. The van der Waals surface area contributed by atoms with E-state index in [9.17, 15) is 9.59 Å². The normalized spacial score (nSPS) is 18.8. The molecule has 1 aliphatic rings. The Morgan fingerprint density at radius 1 is 1.58 bits per heavy atom. The molecular weight excluding hydrogens is 270 g/mol. The van der Waals surface area contributed by atoms with E-state index in [0.29, 0.717) is 18.7 Å². The van der Waals surface area contributed by atoms with Gasteiger partial charge in [-0.1, -0.05) is 11.6 Å². The van der Waals surface area contributed by atoms with E-state index in [1.54, 1.807) is 17.0 Å². The van der Waals surface area contributed by atoms with Crippen LogP contribution >= 0.6 is 11.6 Å². The van der Waals surface area contributed by atoms with Crippen LogP contribution in [0.3, 0.4) is 0 Å². The number of hydrogen-bond acceptors (Lipinski definition) is 4. The summed E-state index contributed by atoms with van der Waals surface area (Å²) in [4.78, 5) is 24.9. The van der Waals surface area contributed by atoms with Gasteiger partial charge in [-0.3, -0.25) is 4.79 Å². The molecule has 1 amide bonds. The first-order valence-electron chi connectivity index (χ1n) is 5.86. The minimum Gasteiger partial charge on any atom is -0.465 e. The van der Waals surface area contributed by atoms with Gasteiger partial charge in [0.05, 0.1) is 17.7 Å². The number of hydrogen-bond donors (Lipinski definition) is 1. The first kappa shape index (κ1) is 13.8. The van der Waals surface area contributed by atoms with Crippen LogP contribution in [-0.4, -0.2) is 37.2 Å². The lowest BCUT2D eigenvalue weighted by atomic mass is 10.1. The summed E-state index contributed by atoms with van der Waals surface area (Å²) in [6.07, 6.45) is 0.312. The molecule has 5 nitrogen and oxygen atoms in total. The summed E-state index contributed by atoms with van der Waals surface area (Å²) >= 11 is 5.92. The van der Waals surface area contributed by atoms with Crippen LogP contribution < -0.4 is 4.90 Å². The van der Waals surface area contributed by atoms with Crippen molar-refractivity contribution in [2.24, 2.45) is 5.92 Å². The molecule has 0 aromatic heterocycles. The lowest BCUT2D eigenvalue weighted by molar-refractivity contribution is -0.117. The highest BCUT2D eigenvalue weighted by Crippen LogP contribution is 2.28. The standard InChI is InChI=1S/C13H14ClNO4/c1-19-13(18)10-5-9(2-3-11(10)14)15-6-8(7-16)4-12(15)17/h2-3,5,8,16H,4,6-7H2,1H3. The smallest absolute Gasteiger partial charge is 0.339 e. The highest BCUT2D eigenvalue weighted by molar-refractivity contribution is 6.33. The summed E-state index contributed by atoms with van der Waals surface area (Å²) in [5, 5.41) is 9.38. The second kappa shape index (κ2) is 5.59. The third kappa shape index (κ3) is 2.72. The molecule has 1 aliphatic heterocycles. The third-order valence-electron chi connectivity index (χ3n) is 3.13. The molecule has 19 heavy (non-hydrogen) atoms.